The van der Waals surface area contributed by atoms with Crippen molar-refractivity contribution in [2.75, 3.05) is 13.7 Å². The molecular weight excluding hydrogens is 382 g/mol. The van der Waals surface area contributed by atoms with Gasteiger partial charge in [-0.25, -0.2) is 0 Å². The summed E-state index contributed by atoms with van der Waals surface area (Å²) in [5.74, 6) is 1.08. The molecular formula is C20H23NO8. The van der Waals surface area contributed by atoms with E-state index in [0.717, 1.165) is 0 Å². The second-order valence-corrected chi connectivity index (χ2v) is 6.81. The Labute approximate surface area is 167 Å². The number of methoxy groups -OCH3 is 1. The molecule has 2 N–H and O–H groups in total. The van der Waals surface area contributed by atoms with Gasteiger partial charge in [-0.2, -0.15) is 0 Å². The monoisotopic (exact) mass is 405 g/mol. The number of hydrogen-bond donors (Lipinski definition) is 2. The molecule has 1 amide bonds. The maximum atomic E-state index is 11.8. The largest absolute Gasteiger partial charge is 0.493 e. The van der Waals surface area contributed by atoms with E-state index in [0.29, 0.717) is 17.3 Å². The van der Waals surface area contributed by atoms with Crippen LogP contribution in [-0.4, -0.2) is 55.4 Å². The maximum Gasteiger partial charge on any atom is 0.223 e. The third-order valence-electron chi connectivity index (χ3n) is 4.82. The van der Waals surface area contributed by atoms with Gasteiger partial charge < -0.3 is 38.5 Å². The minimum atomic E-state index is -1.10. The lowest BCUT2D eigenvalue weighted by Crippen LogP contribution is -2.67. The van der Waals surface area contributed by atoms with Crippen LogP contribution in [0, 0.1) is 0 Å². The zero-order valence-corrected chi connectivity index (χ0v) is 16.0. The average Bonchev–Trinajstić information content (AvgIpc) is 3.26. The van der Waals surface area contributed by atoms with Crippen molar-refractivity contribution in [1.29, 1.82) is 0 Å². The molecule has 0 bridgehead atoms. The zero-order valence-electron chi connectivity index (χ0n) is 16.0. The van der Waals surface area contributed by atoms with Crippen LogP contribution in [0.4, 0.5) is 0 Å². The summed E-state index contributed by atoms with van der Waals surface area (Å²) in [7, 11) is 1.53. The molecule has 4 rings (SSSR count). The average molecular weight is 405 g/mol. The second-order valence-electron chi connectivity index (χ2n) is 6.81. The minimum Gasteiger partial charge on any atom is -0.493 e. The molecule has 2 aliphatic rings. The van der Waals surface area contributed by atoms with Crippen LogP contribution in [0.3, 0.4) is 0 Å². The highest BCUT2D eigenvalue weighted by Crippen LogP contribution is 2.36. The first-order chi connectivity index (χ1) is 14.1. The first-order valence-corrected chi connectivity index (χ1v) is 9.27. The number of aliphatic hydroxyl groups is 1. The van der Waals surface area contributed by atoms with Crippen molar-refractivity contribution < 1.29 is 38.0 Å². The van der Waals surface area contributed by atoms with Crippen LogP contribution in [0.15, 0.2) is 47.1 Å². The van der Waals surface area contributed by atoms with Gasteiger partial charge >= 0.3 is 0 Å². The lowest BCUT2D eigenvalue weighted by Gasteiger charge is -2.47. The molecule has 2 fully saturated rings. The maximum absolute atomic E-state index is 11.8. The number of fused-ring (bicyclic) bond motifs is 1. The number of furan rings is 1. The van der Waals surface area contributed by atoms with E-state index in [1.807, 2.05) is 0 Å². The van der Waals surface area contributed by atoms with E-state index in [9.17, 15) is 9.90 Å². The first kappa shape index (κ1) is 19.7. The van der Waals surface area contributed by atoms with Crippen LogP contribution < -0.4 is 14.8 Å². The topological polar surface area (TPSA) is 109 Å². The molecule has 0 aliphatic carbocycles. The molecule has 0 unspecified atom stereocenters. The van der Waals surface area contributed by atoms with Crippen LogP contribution >= 0.6 is 0 Å². The zero-order chi connectivity index (χ0) is 20.4. The van der Waals surface area contributed by atoms with Crippen molar-refractivity contribution in [3.8, 4) is 11.5 Å². The van der Waals surface area contributed by atoms with Crippen molar-refractivity contribution in [3.05, 3.63) is 48.4 Å². The van der Waals surface area contributed by atoms with E-state index in [-0.39, 0.29) is 12.5 Å². The van der Waals surface area contributed by atoms with Gasteiger partial charge in [-0.15, -0.1) is 0 Å². The van der Waals surface area contributed by atoms with Crippen LogP contribution in [0.5, 0.6) is 11.5 Å². The molecule has 6 atom stereocenters. The van der Waals surface area contributed by atoms with Crippen molar-refractivity contribution in [2.45, 2.75) is 43.9 Å². The van der Waals surface area contributed by atoms with E-state index in [1.165, 1.54) is 20.3 Å². The molecule has 2 aliphatic heterocycles. The molecule has 156 valence electrons. The Hall–Kier alpha value is -2.59. The Morgan fingerprint density at radius 2 is 1.97 bits per heavy atom. The number of carbonyl (C=O) groups excluding carboxylic acids is 1. The smallest absolute Gasteiger partial charge is 0.223 e. The number of aliphatic hydroxyl groups excluding tert-OH is 1. The third kappa shape index (κ3) is 4.08. The summed E-state index contributed by atoms with van der Waals surface area (Å²) in [5.41, 5.74) is 0. The van der Waals surface area contributed by atoms with Crippen LogP contribution in [0.25, 0.3) is 0 Å². The predicted molar refractivity (Wildman–Crippen MR) is 98.2 cm³/mol. The van der Waals surface area contributed by atoms with Gasteiger partial charge in [0.25, 0.3) is 0 Å². The molecule has 0 spiro atoms. The normalized spacial score (nSPS) is 31.6. The Bertz CT molecular complexity index is 826. The van der Waals surface area contributed by atoms with Gasteiger partial charge in [0, 0.05) is 6.92 Å². The molecule has 1 aromatic carbocycles. The highest BCUT2D eigenvalue weighted by molar-refractivity contribution is 5.73. The van der Waals surface area contributed by atoms with Gasteiger partial charge in [0.1, 0.15) is 24.4 Å². The SMILES string of the molecule is COc1ccccc1O[C@@H]1O[C@@H]2CO[C@H](c3ccco3)O[C@@H]2[C@@H](O)[C@@H]1NC(C)=O. The fraction of sp³-hybridized carbons (Fsp3) is 0.450. The Morgan fingerprint density at radius 1 is 1.17 bits per heavy atom. The summed E-state index contributed by atoms with van der Waals surface area (Å²) in [4.78, 5) is 11.8. The van der Waals surface area contributed by atoms with Crippen molar-refractivity contribution in [2.24, 2.45) is 0 Å². The third-order valence-corrected chi connectivity index (χ3v) is 4.82. The summed E-state index contributed by atoms with van der Waals surface area (Å²) in [6.45, 7) is 1.52. The fourth-order valence-electron chi connectivity index (χ4n) is 3.49. The number of hydrogen-bond acceptors (Lipinski definition) is 8. The van der Waals surface area contributed by atoms with Gasteiger partial charge in [0.15, 0.2) is 17.3 Å². The number of ether oxygens (including phenoxy) is 5. The summed E-state index contributed by atoms with van der Waals surface area (Å²) >= 11 is 0. The Kier molecular flexibility index (Phi) is 5.72. The van der Waals surface area contributed by atoms with Gasteiger partial charge in [0.2, 0.25) is 18.5 Å². The lowest BCUT2D eigenvalue weighted by molar-refractivity contribution is -0.336. The van der Waals surface area contributed by atoms with E-state index in [4.69, 9.17) is 28.1 Å². The Morgan fingerprint density at radius 3 is 2.66 bits per heavy atom. The molecule has 1 aromatic heterocycles. The number of amides is 1. The van der Waals surface area contributed by atoms with Gasteiger partial charge in [-0.05, 0) is 24.3 Å². The van der Waals surface area contributed by atoms with E-state index >= 15 is 0 Å². The van der Waals surface area contributed by atoms with Gasteiger partial charge in [0.05, 0.1) is 20.0 Å². The summed E-state index contributed by atoms with van der Waals surface area (Å²) in [6, 6.07) is 9.63. The number of para-hydroxylation sites is 2. The molecule has 0 radical (unpaired) electrons. The molecule has 9 heteroatoms. The van der Waals surface area contributed by atoms with Gasteiger partial charge in [-0.3, -0.25) is 4.79 Å². The van der Waals surface area contributed by atoms with Crippen molar-refractivity contribution in [1.82, 2.24) is 5.32 Å². The van der Waals surface area contributed by atoms with Gasteiger partial charge in [-0.1, -0.05) is 12.1 Å². The summed E-state index contributed by atoms with van der Waals surface area (Å²) < 4.78 is 34.2. The molecule has 2 aromatic rings. The molecule has 0 saturated carbocycles. The van der Waals surface area contributed by atoms with E-state index in [1.54, 1.807) is 36.4 Å². The summed E-state index contributed by atoms with van der Waals surface area (Å²) in [6.07, 6.45) is -2.67. The highest BCUT2D eigenvalue weighted by Gasteiger charge is 2.51. The van der Waals surface area contributed by atoms with E-state index in [2.05, 4.69) is 5.32 Å². The first-order valence-electron chi connectivity index (χ1n) is 9.27. The quantitative estimate of drug-likeness (QED) is 0.768. The second kappa shape index (κ2) is 8.42. The molecule has 9 nitrogen and oxygen atoms in total. The predicted octanol–water partition coefficient (Wildman–Crippen LogP) is 1.37. The van der Waals surface area contributed by atoms with Crippen LogP contribution in [0.1, 0.15) is 19.0 Å². The Balaban J connectivity index is 1.55. The number of rotatable bonds is 5. The van der Waals surface area contributed by atoms with Crippen LogP contribution in [0.2, 0.25) is 0 Å². The van der Waals surface area contributed by atoms with Crippen LogP contribution in [-0.2, 0) is 19.0 Å². The standard InChI is InChI=1S/C20H23NO8/c1-11(22)21-16-17(23)18-15(10-26-19(29-18)14-8-5-9-25-14)28-20(16)27-13-7-4-3-6-12(13)24-2/h3-9,15-20,23H,10H2,1-2H3,(H,21,22)/t15-,16+,17+,18+,19+,20-/m1/s1. The van der Waals surface area contributed by atoms with Crippen molar-refractivity contribution in [3.63, 3.8) is 0 Å². The minimum absolute atomic E-state index is 0.158. The number of carbonyl (C=O) groups is 1. The molecule has 2 saturated heterocycles. The number of benzene rings is 1. The lowest BCUT2D eigenvalue weighted by atomic mass is 9.96. The summed E-state index contributed by atoms with van der Waals surface area (Å²) in [5, 5.41) is 13.7. The fourth-order valence-corrected chi connectivity index (χ4v) is 3.49. The highest BCUT2D eigenvalue weighted by atomic mass is 16.8. The van der Waals surface area contributed by atoms with E-state index < -0.39 is 36.9 Å². The molecule has 3 heterocycles. The number of nitrogens with one attached hydrogen (secondary N) is 1. The van der Waals surface area contributed by atoms with Crippen molar-refractivity contribution >= 4 is 5.91 Å². The molecule has 29 heavy (non-hydrogen) atoms.